The van der Waals surface area contributed by atoms with E-state index in [4.69, 9.17) is 0 Å². The molecule has 0 aliphatic rings. The largest absolute Gasteiger partial charge is 0.192 e. The molecular weight excluding hydrogens is 340 g/mol. The average molecular weight is 356 g/mol. The minimum atomic E-state index is 0.491. The molecule has 4 rings (SSSR count). The number of benzene rings is 4. The van der Waals surface area contributed by atoms with Crippen LogP contribution in [0.3, 0.4) is 0 Å². The second-order valence-electron chi connectivity index (χ2n) is 6.55. The quantitative estimate of drug-likeness (QED) is 0.424. The molecule has 0 unspecified atom stereocenters. The predicted molar refractivity (Wildman–Crippen MR) is 112 cm³/mol. The van der Waals surface area contributed by atoms with Crippen LogP contribution in [0.5, 0.6) is 0 Å². The van der Waals surface area contributed by atoms with E-state index in [-0.39, 0.29) is 0 Å². The third-order valence-electron chi connectivity index (χ3n) is 4.69. The van der Waals surface area contributed by atoms with E-state index in [0.29, 0.717) is 11.1 Å². The van der Waals surface area contributed by atoms with E-state index in [1.165, 1.54) is 11.1 Å². The minimum Gasteiger partial charge on any atom is -0.192 e. The van der Waals surface area contributed by atoms with Gasteiger partial charge in [-0.2, -0.15) is 10.5 Å². The lowest BCUT2D eigenvalue weighted by atomic mass is 9.95. The van der Waals surface area contributed by atoms with Crippen molar-refractivity contribution >= 4 is 0 Å². The molecule has 4 aromatic carbocycles. The number of hydrogen-bond donors (Lipinski definition) is 0. The normalized spacial score (nSPS) is 10.1. The van der Waals surface area contributed by atoms with Gasteiger partial charge in [-0.1, -0.05) is 66.7 Å². The first-order valence-electron chi connectivity index (χ1n) is 8.98. The van der Waals surface area contributed by atoms with Gasteiger partial charge in [-0.15, -0.1) is 0 Å². The zero-order valence-electron chi connectivity index (χ0n) is 15.1. The minimum absolute atomic E-state index is 0.491. The first-order chi connectivity index (χ1) is 13.8. The van der Waals surface area contributed by atoms with Gasteiger partial charge in [0.05, 0.1) is 23.3 Å². The van der Waals surface area contributed by atoms with E-state index in [9.17, 15) is 10.5 Å². The number of nitrogens with zero attached hydrogens (tertiary/aromatic N) is 2. The van der Waals surface area contributed by atoms with E-state index in [1.807, 2.05) is 42.5 Å². The average Bonchev–Trinajstić information content (AvgIpc) is 2.79. The highest BCUT2D eigenvalue weighted by molar-refractivity contribution is 5.77. The van der Waals surface area contributed by atoms with E-state index in [1.54, 1.807) is 6.07 Å². The lowest BCUT2D eigenvalue weighted by molar-refractivity contribution is 1.44. The maximum absolute atomic E-state index is 9.24. The van der Waals surface area contributed by atoms with Crippen molar-refractivity contribution in [3.05, 3.63) is 108 Å². The highest BCUT2D eigenvalue weighted by Gasteiger charge is 2.06. The maximum Gasteiger partial charge on any atom is 0.0992 e. The topological polar surface area (TPSA) is 47.6 Å². The first-order valence-corrected chi connectivity index (χ1v) is 8.98. The molecule has 0 spiro atoms. The summed E-state index contributed by atoms with van der Waals surface area (Å²) in [5.41, 5.74) is 7.41. The van der Waals surface area contributed by atoms with Gasteiger partial charge >= 0.3 is 0 Å². The molecule has 4 aromatic rings. The molecule has 0 amide bonds. The molecule has 28 heavy (non-hydrogen) atoms. The fraction of sp³-hybridized carbons (Fsp3) is 0. The third-order valence-corrected chi connectivity index (χ3v) is 4.69. The number of nitriles is 2. The van der Waals surface area contributed by atoms with E-state index < -0.39 is 0 Å². The summed E-state index contributed by atoms with van der Waals surface area (Å²) < 4.78 is 0. The van der Waals surface area contributed by atoms with Gasteiger partial charge in [-0.3, -0.25) is 0 Å². The number of hydrogen-bond acceptors (Lipinski definition) is 2. The Balaban J connectivity index is 1.77. The van der Waals surface area contributed by atoms with Crippen molar-refractivity contribution < 1.29 is 0 Å². The van der Waals surface area contributed by atoms with Gasteiger partial charge in [-0.25, -0.2) is 0 Å². The van der Waals surface area contributed by atoms with Crippen molar-refractivity contribution in [1.29, 1.82) is 10.5 Å². The summed E-state index contributed by atoms with van der Waals surface area (Å²) in [4.78, 5) is 0. The molecule has 0 aliphatic carbocycles. The van der Waals surface area contributed by atoms with Crippen molar-refractivity contribution in [2.24, 2.45) is 0 Å². The predicted octanol–water partition coefficient (Wildman–Crippen LogP) is 6.43. The van der Waals surface area contributed by atoms with Gasteiger partial charge in [0, 0.05) is 0 Å². The fourth-order valence-electron chi connectivity index (χ4n) is 3.31. The zero-order valence-corrected chi connectivity index (χ0v) is 15.1. The molecule has 0 saturated carbocycles. The van der Waals surface area contributed by atoms with Crippen molar-refractivity contribution in [3.8, 4) is 45.5 Å². The highest BCUT2D eigenvalue weighted by atomic mass is 14.3. The van der Waals surface area contributed by atoms with Crippen LogP contribution >= 0.6 is 0 Å². The zero-order chi connectivity index (χ0) is 19.3. The molecule has 0 aromatic heterocycles. The highest BCUT2D eigenvalue weighted by Crippen LogP contribution is 2.30. The smallest absolute Gasteiger partial charge is 0.0992 e. The summed E-state index contributed by atoms with van der Waals surface area (Å²) in [5.74, 6) is 0. The SMILES string of the molecule is N#Cc1cc(C#N)cc(-c2cccc(-c3cccc(-c4ccccc4)c3)c2)c1. The summed E-state index contributed by atoms with van der Waals surface area (Å²) in [5, 5.41) is 18.5. The Bertz CT molecular complexity index is 1190. The van der Waals surface area contributed by atoms with Crippen molar-refractivity contribution in [2.45, 2.75) is 0 Å². The van der Waals surface area contributed by atoms with Gasteiger partial charge < -0.3 is 0 Å². The molecule has 0 saturated heterocycles. The standard InChI is InChI=1S/C26H16N2/c27-17-19-12-20(18-28)14-26(13-19)25-11-5-10-24(16-25)23-9-4-8-22(15-23)21-6-2-1-3-7-21/h1-16H. The van der Waals surface area contributed by atoms with E-state index in [2.05, 4.69) is 60.7 Å². The molecular formula is C26H16N2. The van der Waals surface area contributed by atoms with Crippen LogP contribution in [0.1, 0.15) is 11.1 Å². The Hall–Kier alpha value is -4.14. The van der Waals surface area contributed by atoms with Crippen LogP contribution in [0.25, 0.3) is 33.4 Å². The summed E-state index contributed by atoms with van der Waals surface area (Å²) in [7, 11) is 0. The Morgan fingerprint density at radius 2 is 0.821 bits per heavy atom. The van der Waals surface area contributed by atoms with Crippen LogP contribution in [0.15, 0.2) is 97.1 Å². The summed E-state index contributed by atoms with van der Waals surface area (Å²) >= 11 is 0. The molecule has 0 aliphatic heterocycles. The second-order valence-corrected chi connectivity index (χ2v) is 6.55. The lowest BCUT2D eigenvalue weighted by Crippen LogP contribution is -1.86. The molecule has 0 heterocycles. The fourth-order valence-corrected chi connectivity index (χ4v) is 3.31. The van der Waals surface area contributed by atoms with Gasteiger partial charge in [0.2, 0.25) is 0 Å². The lowest BCUT2D eigenvalue weighted by Gasteiger charge is -2.09. The van der Waals surface area contributed by atoms with Crippen LogP contribution in [0, 0.1) is 22.7 Å². The molecule has 2 nitrogen and oxygen atoms in total. The summed E-state index contributed by atoms with van der Waals surface area (Å²) in [6, 6.07) is 36.4. The Morgan fingerprint density at radius 3 is 1.32 bits per heavy atom. The Labute approximate surface area is 164 Å². The Kier molecular flexibility index (Phi) is 4.70. The molecule has 0 N–H and O–H groups in total. The monoisotopic (exact) mass is 356 g/mol. The van der Waals surface area contributed by atoms with Crippen LogP contribution < -0.4 is 0 Å². The maximum atomic E-state index is 9.24. The Morgan fingerprint density at radius 1 is 0.393 bits per heavy atom. The number of rotatable bonds is 3. The van der Waals surface area contributed by atoms with Crippen LogP contribution in [-0.2, 0) is 0 Å². The molecule has 130 valence electrons. The molecule has 0 radical (unpaired) electrons. The van der Waals surface area contributed by atoms with Crippen molar-refractivity contribution in [1.82, 2.24) is 0 Å². The summed E-state index contributed by atoms with van der Waals surface area (Å²) in [6.45, 7) is 0. The molecule has 2 heteroatoms. The first kappa shape index (κ1) is 17.3. The van der Waals surface area contributed by atoms with Crippen LogP contribution in [-0.4, -0.2) is 0 Å². The van der Waals surface area contributed by atoms with Gasteiger partial charge in [0.15, 0.2) is 0 Å². The van der Waals surface area contributed by atoms with Gasteiger partial charge in [-0.05, 0) is 63.7 Å². The molecule has 0 bridgehead atoms. The molecule has 0 atom stereocenters. The summed E-state index contributed by atoms with van der Waals surface area (Å²) in [6.07, 6.45) is 0. The molecule has 0 fully saturated rings. The second kappa shape index (κ2) is 7.62. The van der Waals surface area contributed by atoms with Gasteiger partial charge in [0.25, 0.3) is 0 Å². The van der Waals surface area contributed by atoms with Crippen LogP contribution in [0.4, 0.5) is 0 Å². The van der Waals surface area contributed by atoms with Crippen molar-refractivity contribution in [3.63, 3.8) is 0 Å². The van der Waals surface area contributed by atoms with E-state index in [0.717, 1.165) is 22.3 Å². The van der Waals surface area contributed by atoms with Gasteiger partial charge in [0.1, 0.15) is 0 Å². The van der Waals surface area contributed by atoms with Crippen molar-refractivity contribution in [2.75, 3.05) is 0 Å². The third kappa shape index (κ3) is 3.54. The van der Waals surface area contributed by atoms with Crippen LogP contribution in [0.2, 0.25) is 0 Å². The van der Waals surface area contributed by atoms with E-state index >= 15 is 0 Å².